The number of anilines is 1. The summed E-state index contributed by atoms with van der Waals surface area (Å²) in [5, 5.41) is 9.14. The molecule has 1 saturated heterocycles. The van der Waals surface area contributed by atoms with Crippen LogP contribution in [0, 0.1) is 0 Å². The van der Waals surface area contributed by atoms with Gasteiger partial charge < -0.3 is 10.0 Å². The largest absolute Gasteiger partial charge is 0.416 e. The van der Waals surface area contributed by atoms with Gasteiger partial charge >= 0.3 is 6.18 Å². The standard InChI is InChI=1S/C10H10ClF3N2O/c11-8-3-6(10(12,13)14)4-9(15-8)16-2-1-7(17)5-16/h3-4,7,17H,1-2,5H2. The molecule has 0 aliphatic carbocycles. The van der Waals surface area contributed by atoms with E-state index in [-0.39, 0.29) is 17.5 Å². The van der Waals surface area contributed by atoms with Gasteiger partial charge in [-0.15, -0.1) is 0 Å². The number of pyridine rings is 1. The van der Waals surface area contributed by atoms with Gasteiger partial charge in [-0.25, -0.2) is 4.98 Å². The van der Waals surface area contributed by atoms with Gasteiger partial charge in [0.15, 0.2) is 0 Å². The average Bonchev–Trinajstić information content (AvgIpc) is 2.62. The van der Waals surface area contributed by atoms with Gasteiger partial charge in [0.05, 0.1) is 11.7 Å². The molecule has 94 valence electrons. The predicted octanol–water partition coefficient (Wildman–Crippen LogP) is 2.32. The van der Waals surface area contributed by atoms with E-state index in [2.05, 4.69) is 4.98 Å². The van der Waals surface area contributed by atoms with Crippen LogP contribution in [0.2, 0.25) is 5.15 Å². The summed E-state index contributed by atoms with van der Waals surface area (Å²) in [6, 6.07) is 1.74. The highest BCUT2D eigenvalue weighted by molar-refractivity contribution is 6.29. The topological polar surface area (TPSA) is 36.4 Å². The summed E-state index contributed by atoms with van der Waals surface area (Å²) in [5.74, 6) is 0.154. The van der Waals surface area contributed by atoms with Gasteiger partial charge in [0.25, 0.3) is 0 Å². The molecule has 1 aromatic rings. The molecule has 0 amide bonds. The van der Waals surface area contributed by atoms with Crippen molar-refractivity contribution in [3.05, 3.63) is 22.8 Å². The minimum absolute atomic E-state index is 0.154. The summed E-state index contributed by atoms with van der Waals surface area (Å²) < 4.78 is 37.7. The molecule has 1 unspecified atom stereocenters. The van der Waals surface area contributed by atoms with Crippen LogP contribution in [0.5, 0.6) is 0 Å². The maximum atomic E-state index is 12.6. The molecule has 1 atom stereocenters. The highest BCUT2D eigenvalue weighted by Crippen LogP contribution is 2.33. The number of aliphatic hydroxyl groups excluding tert-OH is 1. The van der Waals surface area contributed by atoms with Gasteiger partial charge in [0, 0.05) is 13.1 Å². The Kier molecular flexibility index (Phi) is 3.18. The van der Waals surface area contributed by atoms with Crippen LogP contribution in [-0.4, -0.2) is 29.3 Å². The van der Waals surface area contributed by atoms with E-state index in [0.717, 1.165) is 12.1 Å². The van der Waals surface area contributed by atoms with Crippen molar-refractivity contribution in [3.63, 3.8) is 0 Å². The van der Waals surface area contributed by atoms with E-state index in [1.807, 2.05) is 0 Å². The zero-order valence-corrected chi connectivity index (χ0v) is 9.46. The quantitative estimate of drug-likeness (QED) is 0.793. The van der Waals surface area contributed by atoms with Crippen LogP contribution in [0.4, 0.5) is 19.0 Å². The first kappa shape index (κ1) is 12.4. The molecule has 1 aliphatic heterocycles. The molecule has 7 heteroatoms. The van der Waals surface area contributed by atoms with E-state index in [0.29, 0.717) is 13.0 Å². The monoisotopic (exact) mass is 266 g/mol. The summed E-state index contributed by atoms with van der Waals surface area (Å²) >= 11 is 5.57. The molecule has 3 nitrogen and oxygen atoms in total. The zero-order valence-electron chi connectivity index (χ0n) is 8.71. The van der Waals surface area contributed by atoms with Crippen LogP contribution < -0.4 is 4.90 Å². The van der Waals surface area contributed by atoms with Crippen LogP contribution in [-0.2, 0) is 6.18 Å². The van der Waals surface area contributed by atoms with E-state index in [4.69, 9.17) is 11.6 Å². The van der Waals surface area contributed by atoms with Crippen LogP contribution in [0.1, 0.15) is 12.0 Å². The summed E-state index contributed by atoms with van der Waals surface area (Å²) in [4.78, 5) is 5.43. The summed E-state index contributed by atoms with van der Waals surface area (Å²) in [6.07, 6.45) is -4.44. The molecule has 1 aromatic heterocycles. The molecule has 2 rings (SSSR count). The van der Waals surface area contributed by atoms with Gasteiger partial charge in [-0.05, 0) is 18.6 Å². The molecule has 17 heavy (non-hydrogen) atoms. The van der Waals surface area contributed by atoms with Crippen molar-refractivity contribution in [2.24, 2.45) is 0 Å². The first-order valence-corrected chi connectivity index (χ1v) is 5.42. The molecule has 0 spiro atoms. The molecule has 1 N–H and O–H groups in total. The lowest BCUT2D eigenvalue weighted by molar-refractivity contribution is -0.137. The second kappa shape index (κ2) is 4.34. The van der Waals surface area contributed by atoms with E-state index >= 15 is 0 Å². The fourth-order valence-corrected chi connectivity index (χ4v) is 1.96. The smallest absolute Gasteiger partial charge is 0.391 e. The second-order valence-corrected chi connectivity index (χ2v) is 4.31. The van der Waals surface area contributed by atoms with E-state index in [1.165, 1.54) is 0 Å². The molecule has 0 saturated carbocycles. The van der Waals surface area contributed by atoms with Crippen molar-refractivity contribution < 1.29 is 18.3 Å². The normalized spacial score (nSPS) is 21.0. The fourth-order valence-electron chi connectivity index (χ4n) is 1.76. The number of alkyl halides is 3. The first-order valence-electron chi connectivity index (χ1n) is 5.04. The number of hydrogen-bond donors (Lipinski definition) is 1. The Morgan fingerprint density at radius 2 is 2.12 bits per heavy atom. The molecular formula is C10H10ClF3N2O. The van der Waals surface area contributed by atoms with Crippen molar-refractivity contribution >= 4 is 17.4 Å². The van der Waals surface area contributed by atoms with Crippen molar-refractivity contribution in [1.29, 1.82) is 0 Å². The van der Waals surface area contributed by atoms with E-state index in [9.17, 15) is 18.3 Å². The van der Waals surface area contributed by atoms with Crippen molar-refractivity contribution in [1.82, 2.24) is 4.98 Å². The van der Waals surface area contributed by atoms with Crippen LogP contribution in [0.3, 0.4) is 0 Å². The van der Waals surface area contributed by atoms with Crippen LogP contribution >= 0.6 is 11.6 Å². The number of hydrogen-bond acceptors (Lipinski definition) is 3. The third-order valence-electron chi connectivity index (χ3n) is 2.60. The van der Waals surface area contributed by atoms with E-state index < -0.39 is 17.8 Å². The number of aliphatic hydroxyl groups is 1. The highest BCUT2D eigenvalue weighted by Gasteiger charge is 2.32. The van der Waals surface area contributed by atoms with Crippen molar-refractivity contribution in [3.8, 4) is 0 Å². The minimum atomic E-state index is -4.44. The Bertz CT molecular complexity index is 425. The number of β-amino-alcohol motifs (C(OH)–C–C–N with tert-alkyl or cyclic N) is 1. The molecular weight excluding hydrogens is 257 g/mol. The Balaban J connectivity index is 2.32. The van der Waals surface area contributed by atoms with Gasteiger partial charge in [-0.2, -0.15) is 13.2 Å². The lowest BCUT2D eigenvalue weighted by Crippen LogP contribution is -2.23. The van der Waals surface area contributed by atoms with Crippen LogP contribution in [0.15, 0.2) is 12.1 Å². The lowest BCUT2D eigenvalue weighted by atomic mass is 10.2. The zero-order chi connectivity index (χ0) is 12.6. The van der Waals surface area contributed by atoms with Gasteiger partial charge in [0.2, 0.25) is 0 Å². The number of nitrogens with zero attached hydrogens (tertiary/aromatic N) is 2. The molecule has 1 aliphatic rings. The Hall–Kier alpha value is -1.01. The van der Waals surface area contributed by atoms with Crippen molar-refractivity contribution in [2.45, 2.75) is 18.7 Å². The third kappa shape index (κ3) is 2.81. The Morgan fingerprint density at radius 1 is 1.41 bits per heavy atom. The molecule has 0 bridgehead atoms. The maximum absolute atomic E-state index is 12.6. The summed E-state index contributed by atoms with van der Waals surface area (Å²) in [7, 11) is 0. The predicted molar refractivity (Wildman–Crippen MR) is 57.1 cm³/mol. The lowest BCUT2D eigenvalue weighted by Gasteiger charge is -2.18. The van der Waals surface area contributed by atoms with Crippen molar-refractivity contribution in [2.75, 3.05) is 18.0 Å². The average molecular weight is 267 g/mol. The van der Waals surface area contributed by atoms with Crippen LogP contribution in [0.25, 0.3) is 0 Å². The number of halogens is 4. The molecule has 1 fully saturated rings. The number of aromatic nitrogens is 1. The molecule has 0 aromatic carbocycles. The summed E-state index contributed by atoms with van der Waals surface area (Å²) in [5.41, 5.74) is -0.825. The van der Waals surface area contributed by atoms with Gasteiger partial charge in [-0.3, -0.25) is 0 Å². The second-order valence-electron chi connectivity index (χ2n) is 3.92. The van der Waals surface area contributed by atoms with Gasteiger partial charge in [-0.1, -0.05) is 11.6 Å². The number of rotatable bonds is 1. The molecule has 0 radical (unpaired) electrons. The SMILES string of the molecule is OC1CCN(c2cc(C(F)(F)F)cc(Cl)n2)C1. The Labute approximate surface area is 101 Å². The van der Waals surface area contributed by atoms with Gasteiger partial charge in [0.1, 0.15) is 11.0 Å². The Morgan fingerprint density at radius 3 is 2.65 bits per heavy atom. The molecule has 2 heterocycles. The highest BCUT2D eigenvalue weighted by atomic mass is 35.5. The first-order chi connectivity index (χ1) is 7.86. The van der Waals surface area contributed by atoms with E-state index in [1.54, 1.807) is 4.90 Å². The summed E-state index contributed by atoms with van der Waals surface area (Å²) in [6.45, 7) is 0.760. The fraction of sp³-hybridized carbons (Fsp3) is 0.500. The third-order valence-corrected chi connectivity index (χ3v) is 2.79. The maximum Gasteiger partial charge on any atom is 0.416 e. The minimum Gasteiger partial charge on any atom is -0.391 e.